The minimum atomic E-state index is 0.329. The van der Waals surface area contributed by atoms with E-state index in [1.807, 2.05) is 30.3 Å². The highest BCUT2D eigenvalue weighted by molar-refractivity contribution is 6.30. The summed E-state index contributed by atoms with van der Waals surface area (Å²) in [5.74, 6) is 0.979. The highest BCUT2D eigenvalue weighted by Crippen LogP contribution is 2.13. The van der Waals surface area contributed by atoms with Crippen molar-refractivity contribution in [1.29, 1.82) is 0 Å². The zero-order valence-electron chi connectivity index (χ0n) is 8.39. The monoisotopic (exact) mass is 232 g/mol. The van der Waals surface area contributed by atoms with Gasteiger partial charge in [-0.1, -0.05) is 29.8 Å². The molecule has 0 saturated carbocycles. The number of hydrogen-bond acceptors (Lipinski definition) is 2. The molecule has 0 aliphatic rings. The zero-order valence-corrected chi connectivity index (χ0v) is 9.15. The number of halogens is 1. The first-order valence-corrected chi connectivity index (χ1v) is 5.14. The van der Waals surface area contributed by atoms with Crippen molar-refractivity contribution in [3.8, 4) is 0 Å². The first kappa shape index (κ1) is 10.7. The van der Waals surface area contributed by atoms with E-state index in [9.17, 15) is 4.79 Å². The van der Waals surface area contributed by atoms with Gasteiger partial charge in [0.2, 0.25) is 0 Å². The Morgan fingerprint density at radius 1 is 0.938 bits per heavy atom. The molecule has 0 amide bonds. The van der Waals surface area contributed by atoms with Crippen molar-refractivity contribution in [2.45, 2.75) is 0 Å². The van der Waals surface area contributed by atoms with Gasteiger partial charge in [0.05, 0.1) is 0 Å². The molecule has 0 spiro atoms. The summed E-state index contributed by atoms with van der Waals surface area (Å²) in [6, 6.07) is 10.8. The summed E-state index contributed by atoms with van der Waals surface area (Å²) in [5.41, 5.74) is 1.02. The summed E-state index contributed by atoms with van der Waals surface area (Å²) in [6.45, 7) is 0. The molecule has 3 heteroatoms. The maximum absolute atomic E-state index is 10.4. The fourth-order valence-corrected chi connectivity index (χ4v) is 1.40. The van der Waals surface area contributed by atoms with E-state index in [0.717, 1.165) is 5.56 Å². The van der Waals surface area contributed by atoms with Gasteiger partial charge in [-0.05, 0) is 35.9 Å². The molecule has 2 nitrogen and oxygen atoms in total. The van der Waals surface area contributed by atoms with Crippen LogP contribution < -0.4 is 0 Å². The van der Waals surface area contributed by atoms with Crippen molar-refractivity contribution in [3.63, 3.8) is 0 Å². The van der Waals surface area contributed by atoms with Crippen LogP contribution in [0.3, 0.4) is 0 Å². The lowest BCUT2D eigenvalue weighted by atomic mass is 10.2. The van der Waals surface area contributed by atoms with Gasteiger partial charge in [-0.2, -0.15) is 0 Å². The Labute approximate surface area is 98.2 Å². The molecule has 0 radical (unpaired) electrons. The minimum Gasteiger partial charge on any atom is -0.454 e. The van der Waals surface area contributed by atoms with Crippen LogP contribution in [0.5, 0.6) is 0 Å². The molecule has 16 heavy (non-hydrogen) atoms. The Hall–Kier alpha value is -1.80. The summed E-state index contributed by atoms with van der Waals surface area (Å²) < 4.78 is 5.20. The summed E-state index contributed by atoms with van der Waals surface area (Å²) in [6.07, 6.45) is 4.37. The zero-order chi connectivity index (χ0) is 11.4. The van der Waals surface area contributed by atoms with E-state index in [1.165, 1.54) is 0 Å². The highest BCUT2D eigenvalue weighted by atomic mass is 35.5. The van der Waals surface area contributed by atoms with Gasteiger partial charge < -0.3 is 4.42 Å². The number of rotatable bonds is 3. The predicted molar refractivity (Wildman–Crippen MR) is 64.5 cm³/mol. The third-order valence-corrected chi connectivity index (χ3v) is 2.33. The molecule has 0 saturated heterocycles. The Morgan fingerprint density at radius 2 is 1.62 bits per heavy atom. The summed E-state index contributed by atoms with van der Waals surface area (Å²) in [7, 11) is 0. The third kappa shape index (κ3) is 2.61. The second-order valence-corrected chi connectivity index (χ2v) is 3.68. The second-order valence-electron chi connectivity index (χ2n) is 3.24. The first-order chi connectivity index (χ1) is 7.78. The molecule has 1 aromatic carbocycles. The number of carbonyl (C=O) groups is 1. The number of benzene rings is 1. The third-order valence-electron chi connectivity index (χ3n) is 2.07. The molecular formula is C13H9ClO2. The normalized spacial score (nSPS) is 10.8. The molecule has 0 fully saturated rings. The molecule has 0 aliphatic heterocycles. The van der Waals surface area contributed by atoms with Crippen molar-refractivity contribution in [2.24, 2.45) is 0 Å². The van der Waals surface area contributed by atoms with Crippen LogP contribution in [0, 0.1) is 0 Å². The van der Waals surface area contributed by atoms with Gasteiger partial charge in [0.15, 0.2) is 12.0 Å². The predicted octanol–water partition coefficient (Wildman–Crippen LogP) is 3.92. The highest BCUT2D eigenvalue weighted by Gasteiger charge is 1.96. The Morgan fingerprint density at radius 3 is 2.25 bits per heavy atom. The lowest BCUT2D eigenvalue weighted by Gasteiger charge is -1.92. The van der Waals surface area contributed by atoms with Crippen molar-refractivity contribution in [1.82, 2.24) is 0 Å². The van der Waals surface area contributed by atoms with E-state index >= 15 is 0 Å². The number of hydrogen-bond donors (Lipinski definition) is 0. The maximum atomic E-state index is 10.4. The van der Waals surface area contributed by atoms with Crippen molar-refractivity contribution in [3.05, 3.63) is 58.5 Å². The van der Waals surface area contributed by atoms with Crippen LogP contribution in [-0.4, -0.2) is 6.29 Å². The smallest absolute Gasteiger partial charge is 0.185 e. The Balaban J connectivity index is 2.14. The van der Waals surface area contributed by atoms with Crippen LogP contribution in [0.25, 0.3) is 12.2 Å². The number of furan rings is 1. The average molecular weight is 233 g/mol. The van der Waals surface area contributed by atoms with Crippen molar-refractivity contribution < 1.29 is 9.21 Å². The van der Waals surface area contributed by atoms with Crippen LogP contribution in [0.2, 0.25) is 5.02 Å². The van der Waals surface area contributed by atoms with Crippen molar-refractivity contribution in [2.75, 3.05) is 0 Å². The largest absolute Gasteiger partial charge is 0.454 e. The molecule has 0 aliphatic carbocycles. The Kier molecular flexibility index (Phi) is 3.22. The molecule has 0 atom stereocenters. The van der Waals surface area contributed by atoms with Crippen LogP contribution in [0.4, 0.5) is 0 Å². The SMILES string of the molecule is O=Cc1ccc(C=Cc2ccc(Cl)cc2)o1. The lowest BCUT2D eigenvalue weighted by Crippen LogP contribution is -1.71. The molecule has 0 N–H and O–H groups in total. The van der Waals surface area contributed by atoms with E-state index in [0.29, 0.717) is 22.8 Å². The number of aldehydes is 1. The fourth-order valence-electron chi connectivity index (χ4n) is 1.27. The lowest BCUT2D eigenvalue weighted by molar-refractivity contribution is 0.110. The topological polar surface area (TPSA) is 30.2 Å². The summed E-state index contributed by atoms with van der Waals surface area (Å²) in [5, 5.41) is 0.707. The molecule has 2 aromatic rings. The summed E-state index contributed by atoms with van der Waals surface area (Å²) >= 11 is 5.77. The van der Waals surface area contributed by atoms with Gasteiger partial charge in [-0.25, -0.2) is 0 Å². The van der Waals surface area contributed by atoms with Crippen LogP contribution >= 0.6 is 11.6 Å². The van der Waals surface area contributed by atoms with Crippen LogP contribution in [0.1, 0.15) is 21.9 Å². The van der Waals surface area contributed by atoms with E-state index in [2.05, 4.69) is 0 Å². The van der Waals surface area contributed by atoms with E-state index in [-0.39, 0.29) is 0 Å². The Bertz CT molecular complexity index is 509. The van der Waals surface area contributed by atoms with Crippen LogP contribution in [0.15, 0.2) is 40.8 Å². The second kappa shape index (κ2) is 4.81. The van der Waals surface area contributed by atoms with Gasteiger partial charge in [0.25, 0.3) is 0 Å². The quantitative estimate of drug-likeness (QED) is 0.751. The van der Waals surface area contributed by atoms with Gasteiger partial charge in [0, 0.05) is 5.02 Å². The van der Waals surface area contributed by atoms with Crippen molar-refractivity contribution >= 4 is 30.0 Å². The first-order valence-electron chi connectivity index (χ1n) is 4.76. The minimum absolute atomic E-state index is 0.329. The van der Waals surface area contributed by atoms with E-state index in [1.54, 1.807) is 18.2 Å². The van der Waals surface area contributed by atoms with Gasteiger partial charge >= 0.3 is 0 Å². The van der Waals surface area contributed by atoms with Gasteiger partial charge in [-0.3, -0.25) is 4.79 Å². The van der Waals surface area contributed by atoms with E-state index in [4.69, 9.17) is 16.0 Å². The van der Waals surface area contributed by atoms with Gasteiger partial charge in [-0.15, -0.1) is 0 Å². The number of carbonyl (C=O) groups excluding carboxylic acids is 1. The van der Waals surface area contributed by atoms with Crippen LogP contribution in [-0.2, 0) is 0 Å². The average Bonchev–Trinajstić information content (AvgIpc) is 2.76. The molecule has 2 rings (SSSR count). The molecule has 0 bridgehead atoms. The maximum Gasteiger partial charge on any atom is 0.185 e. The molecule has 0 unspecified atom stereocenters. The molecule has 80 valence electrons. The molecular weight excluding hydrogens is 224 g/mol. The fraction of sp³-hybridized carbons (Fsp3) is 0. The molecule has 1 aromatic heterocycles. The summed E-state index contributed by atoms with van der Waals surface area (Å²) in [4.78, 5) is 10.4. The van der Waals surface area contributed by atoms with Gasteiger partial charge in [0.1, 0.15) is 5.76 Å². The van der Waals surface area contributed by atoms with E-state index < -0.39 is 0 Å². The standard InChI is InChI=1S/C13H9ClO2/c14-11-4-1-10(2-5-11)3-6-12-7-8-13(9-15)16-12/h1-9H. The molecule has 1 heterocycles.